The highest BCUT2D eigenvalue weighted by Crippen LogP contribution is 2.10. The third kappa shape index (κ3) is 2.84. The van der Waals surface area contributed by atoms with Crippen LogP contribution >= 0.6 is 0 Å². The summed E-state index contributed by atoms with van der Waals surface area (Å²) in [6, 6.07) is 0. The molecule has 58 valence electrons. The Hall–Kier alpha value is -0.543. The van der Waals surface area contributed by atoms with Crippen molar-refractivity contribution in [2.45, 2.75) is 13.5 Å². The molecule has 0 spiro atoms. The van der Waals surface area contributed by atoms with Gasteiger partial charge in [0.1, 0.15) is 0 Å². The summed E-state index contributed by atoms with van der Waals surface area (Å²) in [7, 11) is -0.474. The van der Waals surface area contributed by atoms with Gasteiger partial charge in [0.2, 0.25) is 0 Å². The molecule has 0 radical (unpaired) electrons. The van der Waals surface area contributed by atoms with E-state index in [1.165, 1.54) is 0 Å². The van der Waals surface area contributed by atoms with Crippen molar-refractivity contribution in [3.05, 3.63) is 24.6 Å². The molecule has 0 saturated heterocycles. The lowest BCUT2D eigenvalue weighted by atomic mass is 10.7. The number of allylic oxidation sites excluding steroid dienone is 1. The van der Waals surface area contributed by atoms with Crippen LogP contribution in [0.2, 0.25) is 6.55 Å². The van der Waals surface area contributed by atoms with Crippen molar-refractivity contribution < 1.29 is 8.85 Å². The highest BCUT2D eigenvalue weighted by Gasteiger charge is 2.27. The number of hydrogen-bond acceptors (Lipinski definition) is 2. The van der Waals surface area contributed by atoms with Crippen LogP contribution in [0.25, 0.3) is 0 Å². The first-order valence-corrected chi connectivity index (χ1v) is 5.46. The van der Waals surface area contributed by atoms with Gasteiger partial charge >= 0.3 is 8.56 Å². The lowest BCUT2D eigenvalue weighted by Crippen LogP contribution is -2.34. The Balaban J connectivity index is 4.05. The number of rotatable bonds is 4. The van der Waals surface area contributed by atoms with E-state index in [4.69, 9.17) is 8.85 Å². The summed E-state index contributed by atoms with van der Waals surface area (Å²) in [5.74, 6) is 0.677. The maximum Gasteiger partial charge on any atom is 0.421 e. The zero-order valence-corrected chi connectivity index (χ0v) is 7.81. The summed E-state index contributed by atoms with van der Waals surface area (Å²) >= 11 is 0. The summed E-state index contributed by atoms with van der Waals surface area (Å²) in [5.41, 5.74) is 1.72. The lowest BCUT2D eigenvalue weighted by molar-refractivity contribution is 0.273. The molecule has 10 heavy (non-hydrogen) atoms. The molecule has 0 aliphatic heterocycles. The Bertz CT molecular complexity index is 145. The molecule has 0 saturated carbocycles. The van der Waals surface area contributed by atoms with E-state index in [2.05, 4.69) is 13.2 Å². The van der Waals surface area contributed by atoms with Gasteiger partial charge in [0.05, 0.1) is 5.76 Å². The highest BCUT2D eigenvalue weighted by atomic mass is 28.4. The number of hydrogen-bond donors (Lipinski definition) is 0. The topological polar surface area (TPSA) is 18.5 Å². The maximum atomic E-state index is 5.34. The molecule has 3 heteroatoms. The molecular weight excluding hydrogens is 144 g/mol. The van der Waals surface area contributed by atoms with Gasteiger partial charge in [0, 0.05) is 7.11 Å². The molecule has 0 aliphatic rings. The fourth-order valence-electron chi connectivity index (χ4n) is 0.513. The maximum absolute atomic E-state index is 5.34. The van der Waals surface area contributed by atoms with Crippen LogP contribution in [-0.4, -0.2) is 15.7 Å². The molecule has 0 N–H and O–H groups in total. The van der Waals surface area contributed by atoms with Gasteiger partial charge in [-0.1, -0.05) is 6.58 Å². The minimum atomic E-state index is -2.10. The van der Waals surface area contributed by atoms with Gasteiger partial charge in [-0.15, -0.1) is 6.58 Å². The van der Waals surface area contributed by atoms with E-state index in [1.54, 1.807) is 19.7 Å². The van der Waals surface area contributed by atoms with Gasteiger partial charge in [-0.3, -0.25) is 0 Å². The SMILES string of the molecule is C=C[Si](C)(OC)OC(=C)C. The smallest absolute Gasteiger partial charge is 0.421 e. The Morgan fingerprint density at radius 2 is 2.10 bits per heavy atom. The van der Waals surface area contributed by atoms with E-state index >= 15 is 0 Å². The van der Waals surface area contributed by atoms with E-state index < -0.39 is 8.56 Å². The highest BCUT2D eigenvalue weighted by molar-refractivity contribution is 6.71. The summed E-state index contributed by atoms with van der Waals surface area (Å²) in [6.45, 7) is 11.0. The summed E-state index contributed by atoms with van der Waals surface area (Å²) < 4.78 is 10.5. The molecule has 0 heterocycles. The predicted octanol–water partition coefficient (Wildman–Crippen LogP) is 1.98. The molecule has 1 unspecified atom stereocenters. The average Bonchev–Trinajstić information content (AvgIpc) is 1.87. The molecule has 0 aromatic heterocycles. The van der Waals surface area contributed by atoms with Crippen molar-refractivity contribution in [2.75, 3.05) is 7.11 Å². The van der Waals surface area contributed by atoms with Gasteiger partial charge in [-0.2, -0.15) is 0 Å². The van der Waals surface area contributed by atoms with Crippen LogP contribution in [0, 0.1) is 0 Å². The van der Waals surface area contributed by atoms with Gasteiger partial charge in [-0.25, -0.2) is 0 Å². The third-order valence-electron chi connectivity index (χ3n) is 1.15. The van der Waals surface area contributed by atoms with Gasteiger partial charge in [-0.05, 0) is 19.2 Å². The Labute approximate surface area is 63.4 Å². The van der Waals surface area contributed by atoms with E-state index in [0.717, 1.165) is 0 Å². The summed E-state index contributed by atoms with van der Waals surface area (Å²) in [4.78, 5) is 0. The van der Waals surface area contributed by atoms with Crippen molar-refractivity contribution in [3.63, 3.8) is 0 Å². The van der Waals surface area contributed by atoms with E-state index in [0.29, 0.717) is 5.76 Å². The minimum absolute atomic E-state index is 0.677. The first kappa shape index (κ1) is 9.46. The fourth-order valence-corrected chi connectivity index (χ4v) is 1.54. The predicted molar refractivity (Wildman–Crippen MR) is 44.7 cm³/mol. The molecule has 0 fully saturated rings. The third-order valence-corrected chi connectivity index (χ3v) is 3.46. The molecule has 0 bridgehead atoms. The van der Waals surface area contributed by atoms with Crippen molar-refractivity contribution in [2.24, 2.45) is 0 Å². The molecule has 0 amide bonds. The monoisotopic (exact) mass is 158 g/mol. The quantitative estimate of drug-likeness (QED) is 0.460. The average molecular weight is 158 g/mol. The molecule has 1 atom stereocenters. The van der Waals surface area contributed by atoms with Crippen molar-refractivity contribution in [3.8, 4) is 0 Å². The zero-order chi connectivity index (χ0) is 8.20. The van der Waals surface area contributed by atoms with E-state index in [1.807, 2.05) is 6.55 Å². The standard InChI is InChI=1S/C7H14O2Si/c1-6-10(5,8-4)9-7(2)3/h6H,1-2H2,3-5H3. The van der Waals surface area contributed by atoms with Crippen LogP contribution in [0.5, 0.6) is 0 Å². The van der Waals surface area contributed by atoms with Crippen LogP contribution in [0.15, 0.2) is 24.6 Å². The first-order valence-electron chi connectivity index (χ1n) is 3.07. The van der Waals surface area contributed by atoms with Gasteiger partial charge in [0.15, 0.2) is 0 Å². The lowest BCUT2D eigenvalue weighted by Gasteiger charge is -2.21. The second kappa shape index (κ2) is 3.58. The molecule has 2 nitrogen and oxygen atoms in total. The van der Waals surface area contributed by atoms with E-state index in [-0.39, 0.29) is 0 Å². The molecule has 0 aliphatic carbocycles. The van der Waals surface area contributed by atoms with Crippen molar-refractivity contribution >= 4 is 8.56 Å². The molecule has 0 aromatic rings. The van der Waals surface area contributed by atoms with Crippen molar-refractivity contribution in [1.82, 2.24) is 0 Å². The van der Waals surface area contributed by atoms with Crippen LogP contribution in [0.3, 0.4) is 0 Å². The van der Waals surface area contributed by atoms with Crippen LogP contribution in [0.4, 0.5) is 0 Å². The first-order chi connectivity index (χ1) is 4.54. The minimum Gasteiger partial charge on any atom is -0.522 e. The van der Waals surface area contributed by atoms with Crippen LogP contribution < -0.4 is 0 Å². The largest absolute Gasteiger partial charge is 0.522 e. The Kier molecular flexibility index (Phi) is 3.39. The summed E-state index contributed by atoms with van der Waals surface area (Å²) in [6.07, 6.45) is 0. The fraction of sp³-hybridized carbons (Fsp3) is 0.429. The second-order valence-corrected chi connectivity index (χ2v) is 5.28. The Morgan fingerprint density at radius 1 is 1.60 bits per heavy atom. The van der Waals surface area contributed by atoms with E-state index in [9.17, 15) is 0 Å². The summed E-state index contributed by atoms with van der Waals surface area (Å²) in [5, 5.41) is 0. The zero-order valence-electron chi connectivity index (χ0n) is 6.81. The van der Waals surface area contributed by atoms with Crippen LogP contribution in [-0.2, 0) is 8.85 Å². The normalized spacial score (nSPS) is 15.5. The van der Waals surface area contributed by atoms with Gasteiger partial charge < -0.3 is 8.85 Å². The Morgan fingerprint density at radius 3 is 2.20 bits per heavy atom. The van der Waals surface area contributed by atoms with Crippen LogP contribution in [0.1, 0.15) is 6.92 Å². The second-order valence-electron chi connectivity index (χ2n) is 2.23. The van der Waals surface area contributed by atoms with Crippen molar-refractivity contribution in [1.29, 1.82) is 0 Å². The van der Waals surface area contributed by atoms with Gasteiger partial charge in [0.25, 0.3) is 0 Å². The molecule has 0 rings (SSSR count). The molecular formula is C7H14O2Si. The molecule has 0 aromatic carbocycles.